The van der Waals surface area contributed by atoms with Crippen molar-refractivity contribution in [3.63, 3.8) is 0 Å². The van der Waals surface area contributed by atoms with E-state index >= 15 is 0 Å². The number of H-pyrrole nitrogens is 1. The number of aromatic nitrogens is 1. The molecule has 3 rings (SSSR count). The summed E-state index contributed by atoms with van der Waals surface area (Å²) < 4.78 is 41.5. The van der Waals surface area contributed by atoms with Crippen LogP contribution in [0.25, 0.3) is 10.9 Å². The molecule has 1 fully saturated rings. The molecule has 0 aliphatic heterocycles. The minimum absolute atomic E-state index is 0.294. The molecule has 30 heavy (non-hydrogen) atoms. The van der Waals surface area contributed by atoms with Crippen molar-refractivity contribution in [1.82, 2.24) is 10.3 Å². The molecule has 0 saturated heterocycles. The maximum absolute atomic E-state index is 12.7. The monoisotopic (exact) mass is 424 g/mol. The van der Waals surface area contributed by atoms with E-state index in [1.54, 1.807) is 0 Å². The number of aromatic amines is 1. The molecule has 1 heterocycles. The molecule has 1 aromatic heterocycles. The van der Waals surface area contributed by atoms with Gasteiger partial charge in [-0.1, -0.05) is 24.5 Å². The van der Waals surface area contributed by atoms with Crippen LogP contribution in [0.15, 0.2) is 18.2 Å². The molecule has 0 unspecified atom stereocenters. The molecular formula is C22H27F3N2O3. The lowest BCUT2D eigenvalue weighted by Gasteiger charge is -2.29. The van der Waals surface area contributed by atoms with E-state index in [0.29, 0.717) is 32.2 Å². The van der Waals surface area contributed by atoms with Crippen molar-refractivity contribution in [2.45, 2.75) is 52.1 Å². The molecule has 1 aliphatic rings. The number of amides is 1. The van der Waals surface area contributed by atoms with Gasteiger partial charge >= 0.3 is 12.1 Å². The number of hydrogen-bond donors (Lipinski definition) is 2. The summed E-state index contributed by atoms with van der Waals surface area (Å²) in [5.41, 5.74) is 4.35. The molecule has 5 nitrogen and oxygen atoms in total. The van der Waals surface area contributed by atoms with Gasteiger partial charge in [-0.3, -0.25) is 9.59 Å². The summed E-state index contributed by atoms with van der Waals surface area (Å²) in [4.78, 5) is 28.2. The number of rotatable bonds is 6. The first-order valence-electron chi connectivity index (χ1n) is 10.2. The van der Waals surface area contributed by atoms with E-state index in [4.69, 9.17) is 0 Å². The van der Waals surface area contributed by atoms with Gasteiger partial charge in [0.15, 0.2) is 6.61 Å². The Morgan fingerprint density at radius 2 is 1.87 bits per heavy atom. The van der Waals surface area contributed by atoms with Gasteiger partial charge in [0.25, 0.3) is 0 Å². The summed E-state index contributed by atoms with van der Waals surface area (Å²) in [5, 5.41) is 3.99. The SMILES string of the molecule is Cc1ccc2[nH]c(C)c(CCNC(=O)[C@H]3CCCC[C@H]3C(=O)OCC(F)(F)F)c2c1. The van der Waals surface area contributed by atoms with Crippen LogP contribution in [0.5, 0.6) is 0 Å². The zero-order chi connectivity index (χ0) is 21.9. The quantitative estimate of drug-likeness (QED) is 0.677. The van der Waals surface area contributed by atoms with Gasteiger partial charge in [0.05, 0.1) is 11.8 Å². The van der Waals surface area contributed by atoms with Crippen LogP contribution in [0.2, 0.25) is 0 Å². The van der Waals surface area contributed by atoms with E-state index in [1.165, 1.54) is 0 Å². The summed E-state index contributed by atoms with van der Waals surface area (Å²) in [6, 6.07) is 6.16. The van der Waals surface area contributed by atoms with Crippen molar-refractivity contribution in [2.75, 3.05) is 13.2 Å². The van der Waals surface area contributed by atoms with E-state index in [1.807, 2.05) is 26.0 Å². The Hall–Kier alpha value is -2.51. The van der Waals surface area contributed by atoms with E-state index in [9.17, 15) is 22.8 Å². The van der Waals surface area contributed by atoms with Gasteiger partial charge in [-0.2, -0.15) is 13.2 Å². The standard InChI is InChI=1S/C22H27F3N2O3/c1-13-7-8-19-18(11-13)15(14(2)27-19)9-10-26-20(28)16-5-3-4-6-17(16)21(29)30-12-22(23,24)25/h7-8,11,16-17,27H,3-6,9-10,12H2,1-2H3,(H,26,28)/t16-,17+/m0/s1. The smallest absolute Gasteiger partial charge is 0.422 e. The third-order valence-electron chi connectivity index (χ3n) is 5.73. The summed E-state index contributed by atoms with van der Waals surface area (Å²) in [5.74, 6) is -2.70. The molecule has 2 aromatic rings. The fourth-order valence-electron chi connectivity index (χ4n) is 4.25. The highest BCUT2D eigenvalue weighted by atomic mass is 19.4. The van der Waals surface area contributed by atoms with Crippen molar-refractivity contribution in [3.05, 3.63) is 35.0 Å². The van der Waals surface area contributed by atoms with Crippen LogP contribution in [0.3, 0.4) is 0 Å². The zero-order valence-electron chi connectivity index (χ0n) is 17.2. The number of nitrogens with one attached hydrogen (secondary N) is 2. The summed E-state index contributed by atoms with van der Waals surface area (Å²) >= 11 is 0. The van der Waals surface area contributed by atoms with Crippen molar-refractivity contribution < 1.29 is 27.5 Å². The first kappa shape index (κ1) is 22.2. The average Bonchev–Trinajstić information content (AvgIpc) is 3.00. The second-order valence-electron chi connectivity index (χ2n) is 8.04. The molecule has 1 saturated carbocycles. The highest BCUT2D eigenvalue weighted by molar-refractivity contribution is 5.86. The molecule has 0 radical (unpaired) electrons. The Labute approximate surface area is 173 Å². The van der Waals surface area contributed by atoms with Gasteiger partial charge in [-0.15, -0.1) is 0 Å². The first-order chi connectivity index (χ1) is 14.2. The zero-order valence-corrected chi connectivity index (χ0v) is 17.2. The van der Waals surface area contributed by atoms with E-state index in [-0.39, 0.29) is 5.91 Å². The largest absolute Gasteiger partial charge is 0.456 e. The number of ether oxygens (including phenoxy) is 1. The fourth-order valence-corrected chi connectivity index (χ4v) is 4.25. The Balaban J connectivity index is 1.60. The lowest BCUT2D eigenvalue weighted by molar-refractivity contribution is -0.191. The van der Waals surface area contributed by atoms with E-state index in [2.05, 4.69) is 21.1 Å². The highest BCUT2D eigenvalue weighted by Crippen LogP contribution is 2.32. The van der Waals surface area contributed by atoms with Crippen molar-refractivity contribution >= 4 is 22.8 Å². The van der Waals surface area contributed by atoms with E-state index < -0.39 is 30.6 Å². The van der Waals surface area contributed by atoms with Gasteiger partial charge in [0.1, 0.15) is 0 Å². The number of aryl methyl sites for hydroxylation is 2. The number of alkyl halides is 3. The molecule has 1 aliphatic carbocycles. The van der Waals surface area contributed by atoms with Gasteiger partial charge in [-0.25, -0.2) is 0 Å². The minimum Gasteiger partial charge on any atom is -0.456 e. The van der Waals surface area contributed by atoms with Gasteiger partial charge < -0.3 is 15.0 Å². The second-order valence-corrected chi connectivity index (χ2v) is 8.04. The molecule has 0 bridgehead atoms. The van der Waals surface area contributed by atoms with Gasteiger partial charge in [0, 0.05) is 23.1 Å². The first-order valence-corrected chi connectivity index (χ1v) is 10.2. The number of hydrogen-bond acceptors (Lipinski definition) is 3. The predicted molar refractivity (Wildman–Crippen MR) is 107 cm³/mol. The third-order valence-corrected chi connectivity index (χ3v) is 5.73. The lowest BCUT2D eigenvalue weighted by Crippen LogP contribution is -2.41. The van der Waals surface area contributed by atoms with Crippen LogP contribution in [-0.2, 0) is 20.7 Å². The van der Waals surface area contributed by atoms with Gasteiger partial charge in [-0.05, 0) is 50.8 Å². The molecule has 2 N–H and O–H groups in total. The normalized spacial score (nSPS) is 19.6. The fraction of sp³-hybridized carbons (Fsp3) is 0.545. The van der Waals surface area contributed by atoms with Crippen LogP contribution in [0.1, 0.15) is 42.5 Å². The molecule has 8 heteroatoms. The van der Waals surface area contributed by atoms with Crippen LogP contribution < -0.4 is 5.32 Å². The number of halogens is 3. The van der Waals surface area contributed by atoms with E-state index in [0.717, 1.165) is 34.1 Å². The number of carbonyl (C=O) groups excluding carboxylic acids is 2. The molecule has 1 amide bonds. The Morgan fingerprint density at radius 3 is 2.57 bits per heavy atom. The molecule has 2 atom stereocenters. The average molecular weight is 424 g/mol. The summed E-state index contributed by atoms with van der Waals surface area (Å²) in [7, 11) is 0. The second kappa shape index (κ2) is 9.10. The van der Waals surface area contributed by atoms with Gasteiger partial charge in [0.2, 0.25) is 5.91 Å². The van der Waals surface area contributed by atoms with Crippen LogP contribution in [0, 0.1) is 25.7 Å². The van der Waals surface area contributed by atoms with Crippen LogP contribution in [0.4, 0.5) is 13.2 Å². The number of benzene rings is 1. The predicted octanol–water partition coefficient (Wildman–Crippen LogP) is 4.36. The maximum atomic E-state index is 12.7. The lowest BCUT2D eigenvalue weighted by atomic mass is 9.78. The highest BCUT2D eigenvalue weighted by Gasteiger charge is 2.38. The van der Waals surface area contributed by atoms with Crippen molar-refractivity contribution in [3.8, 4) is 0 Å². The molecular weight excluding hydrogens is 397 g/mol. The number of esters is 1. The van der Waals surface area contributed by atoms with Crippen LogP contribution in [-0.4, -0.2) is 36.2 Å². The minimum atomic E-state index is -4.57. The van der Waals surface area contributed by atoms with Crippen molar-refractivity contribution in [2.24, 2.45) is 11.8 Å². The summed E-state index contributed by atoms with van der Waals surface area (Å²) in [6.45, 7) is 2.78. The molecule has 0 spiro atoms. The van der Waals surface area contributed by atoms with Crippen molar-refractivity contribution in [1.29, 1.82) is 0 Å². The topological polar surface area (TPSA) is 71.2 Å². The Morgan fingerprint density at radius 1 is 1.17 bits per heavy atom. The Bertz CT molecular complexity index is 920. The third kappa shape index (κ3) is 5.34. The summed E-state index contributed by atoms with van der Waals surface area (Å²) in [6.07, 6.45) is -1.64. The maximum Gasteiger partial charge on any atom is 0.422 e. The molecule has 164 valence electrons. The van der Waals surface area contributed by atoms with Crippen LogP contribution >= 0.6 is 0 Å². The molecule has 1 aromatic carbocycles. The number of fused-ring (bicyclic) bond motifs is 1. The number of carbonyl (C=O) groups is 2. The Kier molecular flexibility index (Phi) is 6.73.